The number of hydrogen-bond donors (Lipinski definition) is 3. The molecule has 33 heavy (non-hydrogen) atoms. The second kappa shape index (κ2) is 12.7. The molecule has 0 fully saturated rings. The zero-order valence-corrected chi connectivity index (χ0v) is 22.1. The van der Waals surface area contributed by atoms with Gasteiger partial charge in [0.15, 0.2) is 8.32 Å². The Labute approximate surface area is 199 Å². The first kappa shape index (κ1) is 28.6. The molecule has 0 spiro atoms. The highest BCUT2D eigenvalue weighted by molar-refractivity contribution is 6.74. The fourth-order valence-electron chi connectivity index (χ4n) is 2.82. The number of nitrogens with two attached hydrogens (primary N) is 1. The van der Waals surface area contributed by atoms with Gasteiger partial charge < -0.3 is 25.5 Å². The molecule has 0 aromatic heterocycles. The summed E-state index contributed by atoms with van der Waals surface area (Å²) in [5.74, 6) is -0.988. The van der Waals surface area contributed by atoms with Crippen LogP contribution in [0.5, 0.6) is 0 Å². The van der Waals surface area contributed by atoms with Crippen LogP contribution in [-0.2, 0) is 25.4 Å². The van der Waals surface area contributed by atoms with E-state index in [1.165, 1.54) is 0 Å². The van der Waals surface area contributed by atoms with E-state index in [0.717, 1.165) is 5.56 Å². The predicted octanol–water partition coefficient (Wildman–Crippen LogP) is 3.71. The molecule has 4 N–H and O–H groups in total. The summed E-state index contributed by atoms with van der Waals surface area (Å²) in [5, 5.41) is 5.32. The van der Waals surface area contributed by atoms with Crippen LogP contribution < -0.4 is 16.4 Å². The second-order valence-electron chi connectivity index (χ2n) is 10.2. The smallest absolute Gasteiger partial charge is 0.408 e. The fraction of sp³-hybridized carbons (Fsp3) is 0.625. The first-order valence-electron chi connectivity index (χ1n) is 11.4. The maximum Gasteiger partial charge on any atom is 0.408 e. The Hall–Kier alpha value is -2.39. The molecule has 0 aliphatic rings. The lowest BCUT2D eigenvalue weighted by atomic mass is 10.0. The van der Waals surface area contributed by atoms with Crippen molar-refractivity contribution in [2.45, 2.75) is 84.3 Å². The number of carbonyl (C=O) groups excluding carboxylic acids is 3. The van der Waals surface area contributed by atoms with Crippen LogP contribution in [0, 0.1) is 5.92 Å². The molecule has 9 heteroatoms. The third kappa shape index (κ3) is 10.4. The monoisotopic (exact) mass is 479 g/mol. The molecule has 0 radical (unpaired) electrons. The van der Waals surface area contributed by atoms with Gasteiger partial charge in [-0.2, -0.15) is 0 Å². The van der Waals surface area contributed by atoms with Crippen molar-refractivity contribution in [1.29, 1.82) is 0 Å². The molecule has 0 saturated carbocycles. The largest absolute Gasteiger partial charge is 0.445 e. The summed E-state index contributed by atoms with van der Waals surface area (Å²) in [6.45, 7) is 14.9. The maximum atomic E-state index is 12.9. The SMILES string of the molecule is CC(C)C[C@H](NC(=O)OCc1ccccc1)C(=O)N[C@H](CCO[Si](C)(C)C(C)(C)C)C(N)=O. The number of amides is 3. The molecule has 0 saturated heterocycles. The number of carbonyl (C=O) groups is 3. The van der Waals surface area contributed by atoms with E-state index in [2.05, 4.69) is 44.5 Å². The molecule has 1 aromatic rings. The first-order chi connectivity index (χ1) is 15.2. The van der Waals surface area contributed by atoms with Gasteiger partial charge >= 0.3 is 6.09 Å². The van der Waals surface area contributed by atoms with E-state index in [0.29, 0.717) is 13.0 Å². The van der Waals surface area contributed by atoms with Gasteiger partial charge in [-0.1, -0.05) is 65.0 Å². The number of alkyl carbamates (subject to hydrolysis) is 1. The number of nitrogens with one attached hydrogen (secondary N) is 2. The summed E-state index contributed by atoms with van der Waals surface area (Å²) in [6, 6.07) is 7.52. The van der Waals surface area contributed by atoms with Gasteiger partial charge in [0.05, 0.1) is 0 Å². The van der Waals surface area contributed by atoms with Crippen LogP contribution in [0.25, 0.3) is 0 Å². The number of ether oxygens (including phenoxy) is 1. The summed E-state index contributed by atoms with van der Waals surface area (Å²) in [5.41, 5.74) is 6.37. The summed E-state index contributed by atoms with van der Waals surface area (Å²) >= 11 is 0. The molecule has 186 valence electrons. The van der Waals surface area contributed by atoms with Crippen molar-refractivity contribution in [3.05, 3.63) is 35.9 Å². The van der Waals surface area contributed by atoms with Crippen LogP contribution in [0.2, 0.25) is 18.1 Å². The lowest BCUT2D eigenvalue weighted by Crippen LogP contribution is -2.54. The van der Waals surface area contributed by atoms with E-state index >= 15 is 0 Å². The van der Waals surface area contributed by atoms with Crippen LogP contribution in [0.15, 0.2) is 30.3 Å². The van der Waals surface area contributed by atoms with E-state index in [1.54, 1.807) is 0 Å². The lowest BCUT2D eigenvalue weighted by molar-refractivity contribution is -0.129. The van der Waals surface area contributed by atoms with Gasteiger partial charge in [-0.3, -0.25) is 9.59 Å². The Balaban J connectivity index is 2.71. The molecular formula is C24H41N3O5Si. The average Bonchev–Trinajstić information content (AvgIpc) is 2.70. The van der Waals surface area contributed by atoms with Crippen LogP contribution in [-0.4, -0.2) is 44.9 Å². The van der Waals surface area contributed by atoms with Crippen molar-refractivity contribution in [3.63, 3.8) is 0 Å². The normalized spacial score (nSPS) is 13.8. The molecule has 0 aliphatic carbocycles. The molecule has 0 bridgehead atoms. The van der Waals surface area contributed by atoms with Crippen molar-refractivity contribution in [2.75, 3.05) is 6.61 Å². The van der Waals surface area contributed by atoms with Gasteiger partial charge in [0.25, 0.3) is 0 Å². The van der Waals surface area contributed by atoms with E-state index in [9.17, 15) is 14.4 Å². The third-order valence-electron chi connectivity index (χ3n) is 5.86. The highest BCUT2D eigenvalue weighted by Gasteiger charge is 2.37. The van der Waals surface area contributed by atoms with Crippen LogP contribution >= 0.6 is 0 Å². The summed E-state index contributed by atoms with van der Waals surface area (Å²) in [4.78, 5) is 37.2. The minimum atomic E-state index is -1.99. The van der Waals surface area contributed by atoms with Gasteiger partial charge in [0.2, 0.25) is 11.8 Å². The zero-order chi connectivity index (χ0) is 25.2. The average molecular weight is 480 g/mol. The molecule has 0 heterocycles. The Kier molecular flexibility index (Phi) is 11.1. The summed E-state index contributed by atoms with van der Waals surface area (Å²) < 4.78 is 11.3. The minimum absolute atomic E-state index is 0.0326. The summed E-state index contributed by atoms with van der Waals surface area (Å²) in [7, 11) is -1.99. The fourth-order valence-corrected chi connectivity index (χ4v) is 3.88. The van der Waals surface area contributed by atoms with Crippen molar-refractivity contribution < 1.29 is 23.5 Å². The van der Waals surface area contributed by atoms with E-state index in [1.807, 2.05) is 44.2 Å². The Morgan fingerprint density at radius 2 is 1.64 bits per heavy atom. The van der Waals surface area contributed by atoms with E-state index in [-0.39, 0.29) is 24.0 Å². The highest BCUT2D eigenvalue weighted by atomic mass is 28.4. The third-order valence-corrected chi connectivity index (χ3v) is 10.4. The topological polar surface area (TPSA) is 120 Å². The number of primary amides is 1. The number of hydrogen-bond acceptors (Lipinski definition) is 5. The predicted molar refractivity (Wildman–Crippen MR) is 132 cm³/mol. The Morgan fingerprint density at radius 1 is 1.03 bits per heavy atom. The van der Waals surface area contributed by atoms with Crippen molar-refractivity contribution in [2.24, 2.45) is 11.7 Å². The van der Waals surface area contributed by atoms with Crippen molar-refractivity contribution in [1.82, 2.24) is 10.6 Å². The quantitative estimate of drug-likeness (QED) is 0.395. The van der Waals surface area contributed by atoms with Gasteiger partial charge in [0, 0.05) is 6.61 Å². The zero-order valence-electron chi connectivity index (χ0n) is 21.1. The molecule has 2 atom stereocenters. The molecule has 1 aromatic carbocycles. The highest BCUT2D eigenvalue weighted by Crippen LogP contribution is 2.36. The van der Waals surface area contributed by atoms with Crippen LogP contribution in [0.4, 0.5) is 4.79 Å². The first-order valence-corrected chi connectivity index (χ1v) is 14.3. The van der Waals surface area contributed by atoms with Crippen molar-refractivity contribution in [3.8, 4) is 0 Å². The minimum Gasteiger partial charge on any atom is -0.445 e. The standard InChI is InChI=1S/C24H41N3O5Si/c1-17(2)15-20(27-23(30)31-16-18-11-9-8-10-12-18)22(29)26-19(21(25)28)13-14-32-33(6,7)24(3,4)5/h8-12,17,19-20H,13-16H2,1-7H3,(H2,25,28)(H,26,29)(H,27,30)/t19-,20+/m1/s1. The molecule has 0 aliphatic heterocycles. The maximum absolute atomic E-state index is 12.9. The molecule has 8 nitrogen and oxygen atoms in total. The van der Waals surface area contributed by atoms with E-state index < -0.39 is 38.3 Å². The van der Waals surface area contributed by atoms with Crippen LogP contribution in [0.1, 0.15) is 53.0 Å². The second-order valence-corrected chi connectivity index (χ2v) is 15.1. The molecular weight excluding hydrogens is 438 g/mol. The van der Waals surface area contributed by atoms with Gasteiger partial charge in [0.1, 0.15) is 18.7 Å². The van der Waals surface area contributed by atoms with Gasteiger partial charge in [-0.25, -0.2) is 4.79 Å². The van der Waals surface area contributed by atoms with E-state index in [4.69, 9.17) is 14.9 Å². The number of rotatable bonds is 12. The van der Waals surface area contributed by atoms with Gasteiger partial charge in [-0.15, -0.1) is 0 Å². The Morgan fingerprint density at radius 3 is 2.15 bits per heavy atom. The van der Waals surface area contributed by atoms with Gasteiger partial charge in [-0.05, 0) is 42.5 Å². The number of benzene rings is 1. The summed E-state index contributed by atoms with van der Waals surface area (Å²) in [6.07, 6.45) is -0.0462. The molecule has 0 unspecified atom stereocenters. The molecule has 3 amide bonds. The molecule has 1 rings (SSSR count). The van der Waals surface area contributed by atoms with Crippen molar-refractivity contribution >= 4 is 26.2 Å². The lowest BCUT2D eigenvalue weighted by Gasteiger charge is -2.36. The Bertz CT molecular complexity index is 778. The van der Waals surface area contributed by atoms with Crippen LogP contribution in [0.3, 0.4) is 0 Å².